The summed E-state index contributed by atoms with van der Waals surface area (Å²) in [5, 5.41) is 13.2. The Morgan fingerprint density at radius 1 is 1.36 bits per heavy atom. The number of hydrogen-bond acceptors (Lipinski definition) is 5. The number of anilines is 1. The van der Waals surface area contributed by atoms with Crippen molar-refractivity contribution in [2.75, 3.05) is 31.6 Å². The first-order valence-electron chi connectivity index (χ1n) is 8.51. The molecule has 0 saturated carbocycles. The number of amides is 1. The molecule has 2 atom stereocenters. The van der Waals surface area contributed by atoms with E-state index in [1.165, 1.54) is 0 Å². The highest BCUT2D eigenvalue weighted by Crippen LogP contribution is 2.23. The van der Waals surface area contributed by atoms with Crippen molar-refractivity contribution in [3.05, 3.63) is 54.0 Å². The average Bonchev–Trinajstić information content (AvgIpc) is 3.13. The monoisotopic (exact) mass is 344 g/mol. The third kappa shape index (κ3) is 4.92. The molecular formula is C19H24N2O4. The topological polar surface area (TPSA) is 74.9 Å². The lowest BCUT2D eigenvalue weighted by atomic mass is 10.1. The molecule has 0 aliphatic carbocycles. The highest BCUT2D eigenvalue weighted by Gasteiger charge is 2.28. The van der Waals surface area contributed by atoms with Gasteiger partial charge in [-0.15, -0.1) is 0 Å². The first-order chi connectivity index (χ1) is 12.1. The van der Waals surface area contributed by atoms with E-state index < -0.39 is 6.10 Å². The first-order valence-corrected chi connectivity index (χ1v) is 8.51. The number of furan rings is 1. The van der Waals surface area contributed by atoms with Crippen molar-refractivity contribution >= 4 is 11.6 Å². The summed E-state index contributed by atoms with van der Waals surface area (Å²) >= 11 is 0. The molecule has 0 radical (unpaired) electrons. The van der Waals surface area contributed by atoms with Gasteiger partial charge in [0, 0.05) is 18.3 Å². The molecule has 2 N–H and O–H groups in total. The summed E-state index contributed by atoms with van der Waals surface area (Å²) in [5.74, 6) is 0.470. The van der Waals surface area contributed by atoms with Gasteiger partial charge >= 0.3 is 0 Å². The number of nitrogens with zero attached hydrogens (tertiary/aromatic N) is 1. The molecule has 1 aromatic heterocycles. The molecule has 1 aliphatic rings. The molecular weight excluding hydrogens is 320 g/mol. The molecule has 6 nitrogen and oxygen atoms in total. The number of aliphatic hydroxyl groups excluding tert-OH is 1. The molecule has 1 saturated heterocycles. The van der Waals surface area contributed by atoms with E-state index in [9.17, 15) is 9.90 Å². The van der Waals surface area contributed by atoms with E-state index in [1.54, 1.807) is 18.4 Å². The van der Waals surface area contributed by atoms with Crippen LogP contribution in [0.5, 0.6) is 0 Å². The number of hydrogen-bond donors (Lipinski definition) is 2. The van der Waals surface area contributed by atoms with E-state index in [-0.39, 0.29) is 18.5 Å². The Morgan fingerprint density at radius 3 is 2.88 bits per heavy atom. The van der Waals surface area contributed by atoms with Gasteiger partial charge in [0.05, 0.1) is 26.0 Å². The quantitative estimate of drug-likeness (QED) is 0.841. The summed E-state index contributed by atoms with van der Waals surface area (Å²) in [6, 6.07) is 11.2. The predicted octanol–water partition coefficient (Wildman–Crippen LogP) is 2.35. The molecule has 1 amide bonds. The van der Waals surface area contributed by atoms with Crippen LogP contribution in [0, 0.1) is 6.92 Å². The van der Waals surface area contributed by atoms with E-state index in [0.29, 0.717) is 31.9 Å². The Balaban J connectivity index is 1.56. The van der Waals surface area contributed by atoms with Gasteiger partial charge in [0.15, 0.2) is 0 Å². The van der Waals surface area contributed by atoms with E-state index in [4.69, 9.17) is 9.15 Å². The Hall–Kier alpha value is -2.15. The van der Waals surface area contributed by atoms with Crippen molar-refractivity contribution in [3.63, 3.8) is 0 Å². The maximum absolute atomic E-state index is 12.4. The van der Waals surface area contributed by atoms with Crippen molar-refractivity contribution in [1.29, 1.82) is 0 Å². The molecule has 2 aromatic rings. The van der Waals surface area contributed by atoms with Gasteiger partial charge in [-0.1, -0.05) is 17.7 Å². The van der Waals surface area contributed by atoms with Crippen LogP contribution in [0.1, 0.15) is 23.8 Å². The van der Waals surface area contributed by atoms with E-state index in [1.807, 2.05) is 31.2 Å². The van der Waals surface area contributed by atoms with Crippen molar-refractivity contribution < 1.29 is 19.1 Å². The van der Waals surface area contributed by atoms with Crippen molar-refractivity contribution in [2.24, 2.45) is 0 Å². The Morgan fingerprint density at radius 2 is 2.16 bits per heavy atom. The van der Waals surface area contributed by atoms with Crippen molar-refractivity contribution in [2.45, 2.75) is 25.5 Å². The lowest BCUT2D eigenvalue weighted by molar-refractivity contribution is -0.120. The van der Waals surface area contributed by atoms with Crippen LogP contribution in [0.3, 0.4) is 0 Å². The number of aliphatic hydroxyl groups is 1. The zero-order valence-electron chi connectivity index (χ0n) is 14.4. The maximum Gasteiger partial charge on any atom is 0.238 e. The van der Waals surface area contributed by atoms with Crippen LogP contribution in [-0.4, -0.2) is 48.3 Å². The highest BCUT2D eigenvalue weighted by atomic mass is 16.5. The van der Waals surface area contributed by atoms with Crippen LogP contribution in [0.15, 0.2) is 47.1 Å². The Kier molecular flexibility index (Phi) is 5.86. The maximum atomic E-state index is 12.4. The first kappa shape index (κ1) is 17.7. The second-order valence-corrected chi connectivity index (χ2v) is 6.38. The fraction of sp³-hybridized carbons (Fsp3) is 0.421. The van der Waals surface area contributed by atoms with Crippen LogP contribution in [0.25, 0.3) is 0 Å². The van der Waals surface area contributed by atoms with Crippen LogP contribution in [0.2, 0.25) is 0 Å². The zero-order chi connectivity index (χ0) is 17.6. The fourth-order valence-corrected chi connectivity index (χ4v) is 2.99. The number of aryl methyl sites for hydroxylation is 1. The number of nitrogens with one attached hydrogen (secondary N) is 1. The van der Waals surface area contributed by atoms with Crippen molar-refractivity contribution in [3.8, 4) is 0 Å². The summed E-state index contributed by atoms with van der Waals surface area (Å²) in [7, 11) is 0. The number of rotatable bonds is 6. The van der Waals surface area contributed by atoms with Gasteiger partial charge < -0.3 is 19.6 Å². The molecule has 3 rings (SSSR count). The molecule has 25 heavy (non-hydrogen) atoms. The average molecular weight is 344 g/mol. The van der Waals surface area contributed by atoms with E-state index in [2.05, 4.69) is 10.2 Å². The predicted molar refractivity (Wildman–Crippen MR) is 94.3 cm³/mol. The third-order valence-corrected chi connectivity index (χ3v) is 4.40. The lowest BCUT2D eigenvalue weighted by Gasteiger charge is -2.35. The van der Waals surface area contributed by atoms with Gasteiger partial charge in [-0.25, -0.2) is 0 Å². The summed E-state index contributed by atoms with van der Waals surface area (Å²) in [6.45, 7) is 4.03. The molecule has 0 spiro atoms. The van der Waals surface area contributed by atoms with Crippen molar-refractivity contribution in [1.82, 2.24) is 4.90 Å². The standard InChI is InChI=1S/C19H24N2O4/c1-14-4-6-15(7-5-14)20-19(23)12-21-8-10-24-13-16(21)11-17(22)18-3-2-9-25-18/h2-7,9,16-17,22H,8,10-13H2,1H3,(H,20,23)/t16-,17+/m0/s1. The van der Waals surface area contributed by atoms with Gasteiger partial charge in [0.2, 0.25) is 5.91 Å². The van der Waals surface area contributed by atoms with Crippen LogP contribution < -0.4 is 5.32 Å². The second kappa shape index (κ2) is 8.29. The smallest absolute Gasteiger partial charge is 0.238 e. The lowest BCUT2D eigenvalue weighted by Crippen LogP contribution is -2.49. The highest BCUT2D eigenvalue weighted by molar-refractivity contribution is 5.92. The van der Waals surface area contributed by atoms with Crippen LogP contribution in [0.4, 0.5) is 5.69 Å². The largest absolute Gasteiger partial charge is 0.467 e. The third-order valence-electron chi connectivity index (χ3n) is 4.40. The molecule has 134 valence electrons. The van der Waals surface area contributed by atoms with Crippen LogP contribution in [-0.2, 0) is 9.53 Å². The summed E-state index contributed by atoms with van der Waals surface area (Å²) in [4.78, 5) is 14.4. The molecule has 1 aromatic carbocycles. The summed E-state index contributed by atoms with van der Waals surface area (Å²) in [5.41, 5.74) is 1.94. The van der Waals surface area contributed by atoms with Gasteiger partial charge in [-0.3, -0.25) is 9.69 Å². The number of ether oxygens (including phenoxy) is 1. The minimum atomic E-state index is -0.704. The summed E-state index contributed by atoms with van der Waals surface area (Å²) in [6.07, 6.45) is 1.30. The van der Waals surface area contributed by atoms with Crippen LogP contribution >= 0.6 is 0 Å². The molecule has 0 bridgehead atoms. The molecule has 0 unspecified atom stereocenters. The molecule has 6 heteroatoms. The SMILES string of the molecule is Cc1ccc(NC(=O)CN2CCOC[C@@H]2C[C@@H](O)c2ccco2)cc1. The Bertz CT molecular complexity index is 669. The number of carbonyl (C=O) groups is 1. The fourth-order valence-electron chi connectivity index (χ4n) is 2.99. The molecule has 1 aliphatic heterocycles. The minimum absolute atomic E-state index is 0.0300. The van der Waals surface area contributed by atoms with E-state index >= 15 is 0 Å². The van der Waals surface area contributed by atoms with Gasteiger partial charge in [0.1, 0.15) is 11.9 Å². The Labute approximate surface area is 147 Å². The van der Waals surface area contributed by atoms with Gasteiger partial charge in [-0.2, -0.15) is 0 Å². The van der Waals surface area contributed by atoms with Gasteiger partial charge in [-0.05, 0) is 37.6 Å². The molecule has 1 fully saturated rings. The molecule has 2 heterocycles. The number of benzene rings is 1. The van der Waals surface area contributed by atoms with E-state index in [0.717, 1.165) is 11.3 Å². The van der Waals surface area contributed by atoms with Gasteiger partial charge in [0.25, 0.3) is 0 Å². The minimum Gasteiger partial charge on any atom is -0.467 e. The summed E-state index contributed by atoms with van der Waals surface area (Å²) < 4.78 is 10.8. The zero-order valence-corrected chi connectivity index (χ0v) is 14.4. The number of morpholine rings is 1. The normalized spacial score (nSPS) is 19.5. The second-order valence-electron chi connectivity index (χ2n) is 6.38. The number of carbonyl (C=O) groups excluding carboxylic acids is 1.